The van der Waals surface area contributed by atoms with E-state index in [1.807, 2.05) is 0 Å². The molecule has 0 aliphatic carbocycles. The van der Waals surface area contributed by atoms with Crippen molar-refractivity contribution in [3.63, 3.8) is 0 Å². The number of para-hydroxylation sites is 2. The molecule has 0 aliphatic heterocycles. The van der Waals surface area contributed by atoms with Crippen LogP contribution >= 0.6 is 0 Å². The van der Waals surface area contributed by atoms with Crippen LogP contribution in [0.3, 0.4) is 0 Å². The van der Waals surface area contributed by atoms with E-state index in [-0.39, 0.29) is 42.1 Å². The minimum Gasteiger partial charge on any atom is -0.479 e. The number of nitrogens with one attached hydrogen (secondary N) is 1. The van der Waals surface area contributed by atoms with Gasteiger partial charge in [0.05, 0.1) is 11.5 Å². The molecular formula is C21H16FN5O5. The molecule has 2 aromatic carbocycles. The lowest BCUT2D eigenvalue weighted by molar-refractivity contribution is -0.386. The van der Waals surface area contributed by atoms with Crippen molar-refractivity contribution in [2.75, 3.05) is 5.32 Å². The molecular weight excluding hydrogens is 421 g/mol. The third-order valence-electron chi connectivity index (χ3n) is 4.37. The van der Waals surface area contributed by atoms with Gasteiger partial charge >= 0.3 is 5.69 Å². The molecule has 4 rings (SSSR count). The van der Waals surface area contributed by atoms with E-state index in [4.69, 9.17) is 9.15 Å². The Morgan fingerprint density at radius 1 is 1.16 bits per heavy atom. The molecule has 0 saturated heterocycles. The average molecular weight is 437 g/mol. The van der Waals surface area contributed by atoms with Gasteiger partial charge in [0.1, 0.15) is 24.5 Å². The maximum Gasteiger partial charge on any atom is 0.310 e. The fraction of sp³-hybridized carbons (Fsp3) is 0.0952. The first-order chi connectivity index (χ1) is 15.5. The number of carbonyl (C=O) groups is 1. The molecule has 162 valence electrons. The maximum absolute atomic E-state index is 13.8. The summed E-state index contributed by atoms with van der Waals surface area (Å²) in [6.07, 6.45) is 1.37. The lowest BCUT2D eigenvalue weighted by atomic mass is 10.2. The number of furan rings is 1. The minimum atomic E-state index is -0.592. The van der Waals surface area contributed by atoms with Crippen molar-refractivity contribution in [1.29, 1.82) is 0 Å². The molecule has 0 radical (unpaired) electrons. The van der Waals surface area contributed by atoms with Crippen molar-refractivity contribution >= 4 is 17.5 Å². The predicted octanol–water partition coefficient (Wildman–Crippen LogP) is 3.80. The van der Waals surface area contributed by atoms with Crippen molar-refractivity contribution in [3.8, 4) is 5.75 Å². The largest absolute Gasteiger partial charge is 0.479 e. The summed E-state index contributed by atoms with van der Waals surface area (Å²) in [6, 6.07) is 15.2. The second-order valence-corrected chi connectivity index (χ2v) is 6.59. The minimum absolute atomic E-state index is 0.0170. The highest BCUT2D eigenvalue weighted by atomic mass is 19.1. The molecule has 2 heterocycles. The highest BCUT2D eigenvalue weighted by Crippen LogP contribution is 2.26. The predicted molar refractivity (Wildman–Crippen MR) is 110 cm³/mol. The zero-order valence-corrected chi connectivity index (χ0v) is 16.5. The number of amides is 1. The molecule has 11 heteroatoms. The van der Waals surface area contributed by atoms with Crippen molar-refractivity contribution in [2.45, 2.75) is 13.2 Å². The van der Waals surface area contributed by atoms with Gasteiger partial charge in [-0.05, 0) is 24.3 Å². The molecule has 1 N–H and O–H groups in total. The Morgan fingerprint density at radius 2 is 1.94 bits per heavy atom. The van der Waals surface area contributed by atoms with Crippen LogP contribution in [0, 0.1) is 15.9 Å². The Kier molecular flexibility index (Phi) is 5.88. The van der Waals surface area contributed by atoms with Crippen LogP contribution in [0.25, 0.3) is 0 Å². The topological polar surface area (TPSA) is 125 Å². The molecule has 1 amide bonds. The Bertz CT molecular complexity index is 1270. The maximum atomic E-state index is 13.8. The first-order valence-corrected chi connectivity index (χ1v) is 9.39. The molecule has 0 atom stereocenters. The standard InChI is InChI=1S/C21H16FN5O5/c22-16-6-2-1-5-14(16)11-26-13-23-21(25-26)24-20(28)19-10-9-15(32-19)12-31-18-8-4-3-7-17(18)27(29)30/h1-10,13H,11-12H2,(H,24,25,28). The van der Waals surface area contributed by atoms with Crippen molar-refractivity contribution < 1.29 is 23.3 Å². The van der Waals surface area contributed by atoms with E-state index in [1.54, 1.807) is 24.3 Å². The van der Waals surface area contributed by atoms with Gasteiger partial charge in [-0.1, -0.05) is 30.3 Å². The summed E-state index contributed by atoms with van der Waals surface area (Å²) in [4.78, 5) is 26.9. The molecule has 10 nitrogen and oxygen atoms in total. The second kappa shape index (κ2) is 9.08. The summed E-state index contributed by atoms with van der Waals surface area (Å²) in [5.74, 6) is -0.557. The highest BCUT2D eigenvalue weighted by molar-refractivity contribution is 6.01. The van der Waals surface area contributed by atoms with Crippen LogP contribution in [0.15, 0.2) is 71.4 Å². The zero-order valence-electron chi connectivity index (χ0n) is 16.5. The summed E-state index contributed by atoms with van der Waals surface area (Å²) >= 11 is 0. The van der Waals surface area contributed by atoms with Crippen LogP contribution in [-0.4, -0.2) is 25.6 Å². The van der Waals surface area contributed by atoms with Crippen molar-refractivity contribution in [2.24, 2.45) is 0 Å². The average Bonchev–Trinajstić information content (AvgIpc) is 3.44. The number of aromatic nitrogens is 3. The van der Waals surface area contributed by atoms with Crippen LogP contribution in [0.2, 0.25) is 0 Å². The van der Waals surface area contributed by atoms with E-state index >= 15 is 0 Å². The van der Waals surface area contributed by atoms with Gasteiger partial charge in [0, 0.05) is 11.6 Å². The summed E-state index contributed by atoms with van der Waals surface area (Å²) in [5.41, 5.74) is 0.263. The van der Waals surface area contributed by atoms with E-state index in [0.29, 0.717) is 11.3 Å². The summed E-state index contributed by atoms with van der Waals surface area (Å²) < 4.78 is 26.0. The van der Waals surface area contributed by atoms with Crippen LogP contribution in [0.1, 0.15) is 21.9 Å². The number of anilines is 1. The summed E-state index contributed by atoms with van der Waals surface area (Å²) in [6.45, 7) is 0.0526. The van der Waals surface area contributed by atoms with Gasteiger partial charge in [0.15, 0.2) is 11.5 Å². The molecule has 0 spiro atoms. The van der Waals surface area contributed by atoms with Gasteiger partial charge in [0.25, 0.3) is 5.91 Å². The Morgan fingerprint density at radius 3 is 2.75 bits per heavy atom. The van der Waals surface area contributed by atoms with E-state index in [9.17, 15) is 19.3 Å². The lowest BCUT2D eigenvalue weighted by Crippen LogP contribution is -2.13. The molecule has 0 unspecified atom stereocenters. The highest BCUT2D eigenvalue weighted by Gasteiger charge is 2.17. The summed E-state index contributed by atoms with van der Waals surface area (Å²) in [5, 5.41) is 17.6. The molecule has 0 bridgehead atoms. The third-order valence-corrected chi connectivity index (χ3v) is 4.37. The number of ether oxygens (including phenoxy) is 1. The van der Waals surface area contributed by atoms with Crippen molar-refractivity contribution in [3.05, 3.63) is 100 Å². The van der Waals surface area contributed by atoms with Crippen LogP contribution in [-0.2, 0) is 13.2 Å². The molecule has 0 fully saturated rings. The number of hydrogen-bond acceptors (Lipinski definition) is 7. The SMILES string of the molecule is O=C(Nc1ncn(Cc2ccccc2F)n1)c1ccc(COc2ccccc2[N+](=O)[O-])o1. The Hall–Kier alpha value is -4.54. The van der Waals surface area contributed by atoms with Crippen LogP contribution in [0.5, 0.6) is 5.75 Å². The number of benzene rings is 2. The van der Waals surface area contributed by atoms with Gasteiger partial charge in [-0.3, -0.25) is 20.2 Å². The molecule has 0 aliphatic rings. The Balaban J connectivity index is 1.36. The summed E-state index contributed by atoms with van der Waals surface area (Å²) in [7, 11) is 0. The number of halogens is 1. The van der Waals surface area contributed by atoms with E-state index < -0.39 is 10.8 Å². The number of hydrogen-bond donors (Lipinski definition) is 1. The van der Waals surface area contributed by atoms with Crippen LogP contribution in [0.4, 0.5) is 16.0 Å². The molecule has 4 aromatic rings. The number of nitro benzene ring substituents is 1. The first kappa shape index (κ1) is 20.7. The van der Waals surface area contributed by atoms with Crippen molar-refractivity contribution in [1.82, 2.24) is 14.8 Å². The number of rotatable bonds is 8. The lowest BCUT2D eigenvalue weighted by Gasteiger charge is -2.04. The number of carbonyl (C=O) groups excluding carboxylic acids is 1. The third kappa shape index (κ3) is 4.78. The van der Waals surface area contributed by atoms with Gasteiger partial charge in [0.2, 0.25) is 5.95 Å². The second-order valence-electron chi connectivity index (χ2n) is 6.59. The first-order valence-electron chi connectivity index (χ1n) is 9.39. The van der Waals surface area contributed by atoms with Gasteiger partial charge in [-0.15, -0.1) is 5.10 Å². The quantitative estimate of drug-likeness (QED) is 0.328. The smallest absolute Gasteiger partial charge is 0.310 e. The molecule has 32 heavy (non-hydrogen) atoms. The fourth-order valence-corrected chi connectivity index (χ4v) is 2.85. The van der Waals surface area contributed by atoms with E-state index in [0.717, 1.165) is 0 Å². The van der Waals surface area contributed by atoms with E-state index in [1.165, 1.54) is 47.4 Å². The Labute approximate surface area is 180 Å². The monoisotopic (exact) mass is 437 g/mol. The molecule has 0 saturated carbocycles. The fourth-order valence-electron chi connectivity index (χ4n) is 2.85. The number of nitro groups is 1. The molecule has 2 aromatic heterocycles. The zero-order chi connectivity index (χ0) is 22.5. The van der Waals surface area contributed by atoms with Crippen LogP contribution < -0.4 is 10.1 Å². The number of nitrogens with zero attached hydrogens (tertiary/aromatic N) is 4. The van der Waals surface area contributed by atoms with Gasteiger partial charge in [-0.25, -0.2) is 14.1 Å². The van der Waals surface area contributed by atoms with Gasteiger partial charge in [-0.2, -0.15) is 0 Å². The van der Waals surface area contributed by atoms with E-state index in [2.05, 4.69) is 15.4 Å². The van der Waals surface area contributed by atoms with Gasteiger partial charge < -0.3 is 9.15 Å². The normalized spacial score (nSPS) is 10.7.